The van der Waals surface area contributed by atoms with Crippen LogP contribution in [0.15, 0.2) is 42.5 Å². The second-order valence-corrected chi connectivity index (χ2v) is 9.36. The maximum atomic E-state index is 13.5. The molecule has 0 aliphatic carbocycles. The molecule has 9 heteroatoms. The SMILES string of the molecule is CC[C@H](C)[C@H](NC(=O)c1cccc(OC)c1)C(=O)N[C@H]1CCc2cccc3c2N(C1=O)[C@H](C(=O)O)C3. The van der Waals surface area contributed by atoms with Crippen LogP contribution in [0.1, 0.15) is 48.2 Å². The van der Waals surface area contributed by atoms with Gasteiger partial charge in [0.1, 0.15) is 23.9 Å². The van der Waals surface area contributed by atoms with Gasteiger partial charge in [0.05, 0.1) is 12.8 Å². The largest absolute Gasteiger partial charge is 0.497 e. The maximum Gasteiger partial charge on any atom is 0.327 e. The number of rotatable bonds is 8. The van der Waals surface area contributed by atoms with Gasteiger partial charge in [-0.05, 0) is 48.1 Å². The van der Waals surface area contributed by atoms with Gasteiger partial charge in [0.15, 0.2) is 0 Å². The van der Waals surface area contributed by atoms with E-state index in [0.29, 0.717) is 36.3 Å². The molecule has 9 nitrogen and oxygen atoms in total. The number of para-hydroxylation sites is 1. The maximum absolute atomic E-state index is 13.5. The van der Waals surface area contributed by atoms with Crippen LogP contribution in [0.5, 0.6) is 5.75 Å². The van der Waals surface area contributed by atoms with Crippen LogP contribution < -0.4 is 20.3 Å². The Labute approximate surface area is 209 Å². The highest BCUT2D eigenvalue weighted by atomic mass is 16.5. The molecule has 0 fully saturated rings. The molecule has 0 unspecified atom stereocenters. The molecule has 0 spiro atoms. The molecule has 4 rings (SSSR count). The van der Waals surface area contributed by atoms with E-state index in [1.54, 1.807) is 24.3 Å². The van der Waals surface area contributed by atoms with Crippen molar-refractivity contribution in [3.63, 3.8) is 0 Å². The van der Waals surface area contributed by atoms with E-state index in [4.69, 9.17) is 4.74 Å². The molecule has 3 amide bonds. The number of carbonyl (C=O) groups is 4. The first-order chi connectivity index (χ1) is 17.2. The molecule has 4 atom stereocenters. The van der Waals surface area contributed by atoms with Gasteiger partial charge in [0.2, 0.25) is 11.8 Å². The number of hydrogen-bond acceptors (Lipinski definition) is 5. The van der Waals surface area contributed by atoms with Crippen molar-refractivity contribution in [1.29, 1.82) is 0 Å². The number of hydrogen-bond donors (Lipinski definition) is 3. The molecule has 0 saturated heterocycles. The lowest BCUT2D eigenvalue weighted by atomic mass is 9.96. The Balaban J connectivity index is 1.55. The van der Waals surface area contributed by atoms with E-state index in [1.807, 2.05) is 32.0 Å². The van der Waals surface area contributed by atoms with Crippen LogP contribution >= 0.6 is 0 Å². The van der Waals surface area contributed by atoms with E-state index < -0.39 is 41.8 Å². The summed E-state index contributed by atoms with van der Waals surface area (Å²) in [7, 11) is 1.51. The average Bonchev–Trinajstić information content (AvgIpc) is 3.23. The molecule has 0 aromatic heterocycles. The van der Waals surface area contributed by atoms with Crippen LogP contribution in [0.25, 0.3) is 0 Å². The van der Waals surface area contributed by atoms with E-state index >= 15 is 0 Å². The third-order valence-electron chi connectivity index (χ3n) is 7.12. The Morgan fingerprint density at radius 2 is 1.89 bits per heavy atom. The first-order valence-corrected chi connectivity index (χ1v) is 12.2. The predicted octanol–water partition coefficient (Wildman–Crippen LogP) is 2.31. The predicted molar refractivity (Wildman–Crippen MR) is 133 cm³/mol. The number of anilines is 1. The molecular formula is C27H31N3O6. The van der Waals surface area contributed by atoms with E-state index in [1.165, 1.54) is 12.0 Å². The van der Waals surface area contributed by atoms with Gasteiger partial charge in [-0.3, -0.25) is 19.3 Å². The fraction of sp³-hybridized carbons (Fsp3) is 0.407. The Kier molecular flexibility index (Phi) is 7.28. The molecule has 3 N–H and O–H groups in total. The third-order valence-corrected chi connectivity index (χ3v) is 7.12. The number of carboxylic acid groups (broad SMARTS) is 1. The number of carbonyl (C=O) groups excluding carboxylic acids is 3. The number of amides is 3. The van der Waals surface area contributed by atoms with Crippen molar-refractivity contribution in [2.75, 3.05) is 12.0 Å². The summed E-state index contributed by atoms with van der Waals surface area (Å²) < 4.78 is 5.18. The molecule has 2 aromatic carbocycles. The van der Waals surface area contributed by atoms with Gasteiger partial charge < -0.3 is 20.5 Å². The first kappa shape index (κ1) is 25.2. The summed E-state index contributed by atoms with van der Waals surface area (Å²) in [6, 6.07) is 9.44. The van der Waals surface area contributed by atoms with Crippen LogP contribution in [-0.2, 0) is 27.2 Å². The average molecular weight is 494 g/mol. The van der Waals surface area contributed by atoms with Crippen LogP contribution in [-0.4, -0.2) is 54.0 Å². The number of carboxylic acids is 1. The number of aryl methyl sites for hydroxylation is 1. The topological polar surface area (TPSA) is 125 Å². The van der Waals surface area contributed by atoms with Gasteiger partial charge in [0, 0.05) is 12.0 Å². The number of methoxy groups -OCH3 is 1. The molecule has 2 aliphatic rings. The number of ether oxygens (including phenoxy) is 1. The summed E-state index contributed by atoms with van der Waals surface area (Å²) in [4.78, 5) is 53.2. The smallest absolute Gasteiger partial charge is 0.327 e. The monoisotopic (exact) mass is 493 g/mol. The highest BCUT2D eigenvalue weighted by Crippen LogP contribution is 2.39. The van der Waals surface area contributed by atoms with Gasteiger partial charge in [-0.25, -0.2) is 4.79 Å². The lowest BCUT2D eigenvalue weighted by Gasteiger charge is -2.29. The third kappa shape index (κ3) is 4.78. The molecule has 0 bridgehead atoms. The van der Waals surface area contributed by atoms with Crippen molar-refractivity contribution in [3.05, 3.63) is 59.2 Å². The van der Waals surface area contributed by atoms with Crippen LogP contribution in [0.2, 0.25) is 0 Å². The molecule has 2 aromatic rings. The zero-order valence-electron chi connectivity index (χ0n) is 20.6. The summed E-state index contributed by atoms with van der Waals surface area (Å²) in [5, 5.41) is 15.4. The summed E-state index contributed by atoms with van der Waals surface area (Å²) in [6.07, 6.45) is 1.71. The van der Waals surface area contributed by atoms with Crippen molar-refractivity contribution in [1.82, 2.24) is 10.6 Å². The zero-order chi connectivity index (χ0) is 26.0. The van der Waals surface area contributed by atoms with E-state index in [0.717, 1.165) is 11.1 Å². The van der Waals surface area contributed by atoms with E-state index in [9.17, 15) is 24.3 Å². The number of nitrogens with one attached hydrogen (secondary N) is 2. The van der Waals surface area contributed by atoms with Crippen LogP contribution in [0.4, 0.5) is 5.69 Å². The Bertz CT molecular complexity index is 1200. The Morgan fingerprint density at radius 3 is 2.58 bits per heavy atom. The highest BCUT2D eigenvalue weighted by molar-refractivity contribution is 6.07. The summed E-state index contributed by atoms with van der Waals surface area (Å²) in [5.74, 6) is -2.11. The lowest BCUT2D eigenvalue weighted by Crippen LogP contribution is -2.57. The Morgan fingerprint density at radius 1 is 1.17 bits per heavy atom. The number of benzene rings is 2. The minimum absolute atomic E-state index is 0.206. The first-order valence-electron chi connectivity index (χ1n) is 12.2. The van der Waals surface area contributed by atoms with E-state index in [-0.39, 0.29) is 12.3 Å². The Hall–Kier alpha value is -3.88. The quantitative estimate of drug-likeness (QED) is 0.518. The van der Waals surface area contributed by atoms with E-state index in [2.05, 4.69) is 10.6 Å². The summed E-state index contributed by atoms with van der Waals surface area (Å²) >= 11 is 0. The van der Waals surface area contributed by atoms with Gasteiger partial charge in [-0.15, -0.1) is 0 Å². The molecular weight excluding hydrogens is 462 g/mol. The highest BCUT2D eigenvalue weighted by Gasteiger charge is 2.44. The van der Waals surface area contributed by atoms with Crippen molar-refractivity contribution in [2.45, 2.75) is 57.7 Å². The normalized spacial score (nSPS) is 20.1. The van der Waals surface area contributed by atoms with Gasteiger partial charge in [-0.2, -0.15) is 0 Å². The minimum atomic E-state index is -1.08. The lowest BCUT2D eigenvalue weighted by molar-refractivity contribution is -0.140. The standard InChI is InChI=1S/C27H31N3O6/c1-4-15(2)22(29-24(31)18-9-6-10-19(13-18)36-3)25(32)28-20-12-11-16-7-5-8-17-14-21(27(34)35)30(23(16)17)26(20)33/h5-10,13,15,20-22H,4,11-12,14H2,1-3H3,(H,28,32)(H,29,31)(H,34,35)/t15-,20-,21-,22-/m0/s1. The van der Waals surface area contributed by atoms with Crippen molar-refractivity contribution < 1.29 is 29.0 Å². The molecule has 2 heterocycles. The summed E-state index contributed by atoms with van der Waals surface area (Å²) in [6.45, 7) is 3.77. The van der Waals surface area contributed by atoms with Crippen molar-refractivity contribution in [3.8, 4) is 5.75 Å². The fourth-order valence-electron chi connectivity index (χ4n) is 4.91. The molecule has 0 radical (unpaired) electrons. The van der Waals surface area contributed by atoms with Crippen molar-refractivity contribution in [2.24, 2.45) is 5.92 Å². The molecule has 36 heavy (non-hydrogen) atoms. The van der Waals surface area contributed by atoms with Crippen LogP contribution in [0.3, 0.4) is 0 Å². The molecule has 2 aliphatic heterocycles. The second-order valence-electron chi connectivity index (χ2n) is 9.36. The van der Waals surface area contributed by atoms with Gasteiger partial charge in [0.25, 0.3) is 5.91 Å². The minimum Gasteiger partial charge on any atom is -0.497 e. The second kappa shape index (κ2) is 10.4. The van der Waals surface area contributed by atoms with Crippen molar-refractivity contribution >= 4 is 29.4 Å². The summed E-state index contributed by atoms with van der Waals surface area (Å²) in [5.41, 5.74) is 2.72. The molecule has 190 valence electrons. The number of aliphatic carboxylic acids is 1. The molecule has 0 saturated carbocycles. The van der Waals surface area contributed by atoms with Gasteiger partial charge in [-0.1, -0.05) is 44.5 Å². The number of nitrogens with zero attached hydrogens (tertiary/aromatic N) is 1. The zero-order valence-corrected chi connectivity index (χ0v) is 20.6. The fourth-order valence-corrected chi connectivity index (χ4v) is 4.91. The van der Waals surface area contributed by atoms with Gasteiger partial charge >= 0.3 is 5.97 Å². The van der Waals surface area contributed by atoms with Crippen LogP contribution in [0, 0.1) is 5.92 Å².